The lowest BCUT2D eigenvalue weighted by molar-refractivity contribution is 0.308. The van der Waals surface area contributed by atoms with Crippen LogP contribution in [0.5, 0.6) is 11.5 Å². The molecule has 0 spiro atoms. The summed E-state index contributed by atoms with van der Waals surface area (Å²) in [6, 6.07) is 23.1. The third-order valence-corrected chi connectivity index (χ3v) is 8.34. The molecule has 2 atom stereocenters. The average molecular weight is 483 g/mol. The molecule has 0 unspecified atom stereocenters. The van der Waals surface area contributed by atoms with Gasteiger partial charge in [-0.15, -0.1) is 0 Å². The Morgan fingerprint density at radius 2 is 1.59 bits per heavy atom. The zero-order chi connectivity index (χ0) is 24.6. The summed E-state index contributed by atoms with van der Waals surface area (Å²) >= 11 is 0. The summed E-state index contributed by atoms with van der Waals surface area (Å²) in [7, 11) is 3.73. The number of hydrogen-bond donors (Lipinski definition) is 1. The minimum absolute atomic E-state index is 0.406. The number of rotatable bonds is 12. The molecular formula is C27H35N2O4P. The summed E-state index contributed by atoms with van der Waals surface area (Å²) in [5, 5.41) is 4.16. The van der Waals surface area contributed by atoms with Gasteiger partial charge in [0.15, 0.2) is 11.5 Å². The molecule has 0 aliphatic heterocycles. The molecule has 6 nitrogen and oxygen atoms in total. The monoisotopic (exact) mass is 482 g/mol. The Kier molecular flexibility index (Phi) is 9.03. The van der Waals surface area contributed by atoms with Gasteiger partial charge in [0, 0.05) is 30.8 Å². The van der Waals surface area contributed by atoms with E-state index >= 15 is 0 Å². The second-order valence-corrected chi connectivity index (χ2v) is 10.7. The van der Waals surface area contributed by atoms with Crippen LogP contribution in [0.15, 0.2) is 72.8 Å². The Balaban J connectivity index is 2.15. The molecular weight excluding hydrogens is 447 g/mol. The average Bonchev–Trinajstić information content (AvgIpc) is 2.87. The van der Waals surface area contributed by atoms with Gasteiger partial charge >= 0.3 is 0 Å². The normalized spacial score (nSPS) is 13.6. The molecule has 0 radical (unpaired) electrons. The first-order chi connectivity index (χ1) is 16.4. The van der Waals surface area contributed by atoms with E-state index in [-0.39, 0.29) is 0 Å². The number of methoxy groups -OCH3 is 2. The second kappa shape index (κ2) is 12.0. The largest absolute Gasteiger partial charge is 0.493 e. The van der Waals surface area contributed by atoms with Gasteiger partial charge in [-0.05, 0) is 60.5 Å². The molecule has 3 aromatic carbocycles. The number of nitrogens with zero attached hydrogens (tertiary/aromatic N) is 1. The molecule has 0 aliphatic rings. The number of para-hydroxylation sites is 1. The van der Waals surface area contributed by atoms with E-state index in [1.807, 2.05) is 91.8 Å². The van der Waals surface area contributed by atoms with Crippen LogP contribution < -0.4 is 25.0 Å². The van der Waals surface area contributed by atoms with Crippen molar-refractivity contribution in [2.75, 3.05) is 45.1 Å². The fraction of sp³-hybridized carbons (Fsp3) is 0.333. The van der Waals surface area contributed by atoms with Crippen LogP contribution in [0, 0.1) is 0 Å². The number of ether oxygens (including phenoxy) is 2. The van der Waals surface area contributed by atoms with Crippen molar-refractivity contribution in [3.8, 4) is 11.5 Å². The molecule has 0 amide bonds. The predicted molar refractivity (Wildman–Crippen MR) is 141 cm³/mol. The van der Waals surface area contributed by atoms with Crippen LogP contribution in [0.3, 0.4) is 0 Å². The molecule has 0 saturated heterocycles. The number of hydrogen-bond acceptors (Lipinski definition) is 6. The first-order valence-corrected chi connectivity index (χ1v) is 13.2. The Morgan fingerprint density at radius 3 is 2.18 bits per heavy atom. The SMILES string of the molecule is CCCCO[P@@](=O)(c1ccc(N(C)C)cc1)[C@@H](Nc1ccccc1)c1ccc(OC)c(OC)c1. The van der Waals surface area contributed by atoms with Gasteiger partial charge in [0.2, 0.25) is 0 Å². The third-order valence-electron chi connectivity index (χ3n) is 5.65. The van der Waals surface area contributed by atoms with Gasteiger partial charge in [-0.1, -0.05) is 37.6 Å². The maximum atomic E-state index is 14.9. The Hall–Kier alpha value is -2.95. The van der Waals surface area contributed by atoms with E-state index in [1.165, 1.54) is 0 Å². The summed E-state index contributed by atoms with van der Waals surface area (Å²) < 4.78 is 32.1. The van der Waals surface area contributed by atoms with Crippen molar-refractivity contribution in [1.82, 2.24) is 0 Å². The van der Waals surface area contributed by atoms with Crippen molar-refractivity contribution in [2.45, 2.75) is 25.5 Å². The molecule has 0 saturated carbocycles. The van der Waals surface area contributed by atoms with Gasteiger partial charge in [-0.2, -0.15) is 0 Å². The van der Waals surface area contributed by atoms with Crippen molar-refractivity contribution in [3.63, 3.8) is 0 Å². The first-order valence-electron chi connectivity index (χ1n) is 11.5. The zero-order valence-electron chi connectivity index (χ0n) is 20.7. The van der Waals surface area contributed by atoms with Gasteiger partial charge < -0.3 is 24.2 Å². The van der Waals surface area contributed by atoms with E-state index in [4.69, 9.17) is 14.0 Å². The fourth-order valence-electron chi connectivity index (χ4n) is 3.68. The molecule has 0 bridgehead atoms. The standard InChI is InChI=1S/C27H35N2O4P/c1-6-7-19-33-34(30,24-16-14-23(15-17-24)29(2)3)27(28-22-11-9-8-10-12-22)21-13-18-25(31-4)26(20-21)32-5/h8-18,20,27-28H,6-7,19H2,1-5H3/t27-,34+/m1/s1. The highest BCUT2D eigenvalue weighted by molar-refractivity contribution is 7.67. The predicted octanol–water partition coefficient (Wildman–Crippen LogP) is 6.30. The van der Waals surface area contributed by atoms with Crippen molar-refractivity contribution in [2.24, 2.45) is 0 Å². The van der Waals surface area contributed by atoms with E-state index < -0.39 is 13.2 Å². The Labute approximate surface area is 203 Å². The third kappa shape index (κ3) is 5.94. The Bertz CT molecular complexity index is 1090. The van der Waals surface area contributed by atoms with Crippen molar-refractivity contribution in [1.29, 1.82) is 0 Å². The number of benzene rings is 3. The van der Waals surface area contributed by atoms with Crippen molar-refractivity contribution < 1.29 is 18.6 Å². The maximum absolute atomic E-state index is 14.9. The smallest absolute Gasteiger partial charge is 0.258 e. The number of anilines is 2. The van der Waals surface area contributed by atoms with Crippen LogP contribution in [0.25, 0.3) is 0 Å². The Morgan fingerprint density at radius 1 is 0.912 bits per heavy atom. The summed E-state index contributed by atoms with van der Waals surface area (Å²) in [6.45, 7) is 2.50. The molecule has 7 heteroatoms. The summed E-state index contributed by atoms with van der Waals surface area (Å²) in [5.41, 5.74) is 2.67. The molecule has 0 aliphatic carbocycles. The van der Waals surface area contributed by atoms with Crippen LogP contribution in [0.4, 0.5) is 11.4 Å². The quantitative estimate of drug-likeness (QED) is 0.241. The van der Waals surface area contributed by atoms with E-state index in [9.17, 15) is 4.57 Å². The van der Waals surface area contributed by atoms with E-state index in [0.717, 1.165) is 29.8 Å². The summed E-state index contributed by atoms with van der Waals surface area (Å²) in [4.78, 5) is 2.01. The van der Waals surface area contributed by atoms with E-state index in [1.54, 1.807) is 14.2 Å². The number of nitrogens with one attached hydrogen (secondary N) is 1. The van der Waals surface area contributed by atoms with Gasteiger partial charge in [-0.3, -0.25) is 4.57 Å². The highest BCUT2D eigenvalue weighted by Gasteiger charge is 2.38. The molecule has 1 N–H and O–H groups in total. The molecule has 0 heterocycles. The zero-order valence-corrected chi connectivity index (χ0v) is 21.5. The topological polar surface area (TPSA) is 60.0 Å². The minimum Gasteiger partial charge on any atom is -0.493 e. The number of unbranched alkanes of at least 4 members (excludes halogenated alkanes) is 1. The van der Waals surface area contributed by atoms with Crippen LogP contribution >= 0.6 is 7.37 Å². The highest BCUT2D eigenvalue weighted by atomic mass is 31.2. The fourth-order valence-corrected chi connectivity index (χ4v) is 6.11. The first kappa shape index (κ1) is 25.7. The van der Waals surface area contributed by atoms with E-state index in [0.29, 0.717) is 23.4 Å². The maximum Gasteiger partial charge on any atom is 0.258 e. The molecule has 182 valence electrons. The molecule has 0 aromatic heterocycles. The van der Waals surface area contributed by atoms with Crippen LogP contribution in [-0.4, -0.2) is 34.9 Å². The van der Waals surface area contributed by atoms with Gasteiger partial charge in [0.05, 0.1) is 20.8 Å². The lowest BCUT2D eigenvalue weighted by atomic mass is 10.2. The lowest BCUT2D eigenvalue weighted by Crippen LogP contribution is -2.21. The van der Waals surface area contributed by atoms with Gasteiger partial charge in [0.25, 0.3) is 7.37 Å². The van der Waals surface area contributed by atoms with E-state index in [2.05, 4.69) is 12.2 Å². The van der Waals surface area contributed by atoms with Gasteiger partial charge in [-0.25, -0.2) is 0 Å². The van der Waals surface area contributed by atoms with Crippen molar-refractivity contribution >= 4 is 24.0 Å². The molecule has 0 fully saturated rings. The molecule has 3 rings (SSSR count). The van der Waals surface area contributed by atoms with Crippen LogP contribution in [-0.2, 0) is 9.09 Å². The van der Waals surface area contributed by atoms with Crippen molar-refractivity contribution in [3.05, 3.63) is 78.4 Å². The van der Waals surface area contributed by atoms with Gasteiger partial charge in [0.1, 0.15) is 5.78 Å². The molecule has 34 heavy (non-hydrogen) atoms. The highest BCUT2D eigenvalue weighted by Crippen LogP contribution is 2.59. The minimum atomic E-state index is -3.43. The van der Waals surface area contributed by atoms with Crippen LogP contribution in [0.1, 0.15) is 31.1 Å². The lowest BCUT2D eigenvalue weighted by Gasteiger charge is -2.30. The second-order valence-electron chi connectivity index (χ2n) is 8.22. The molecule has 3 aromatic rings. The van der Waals surface area contributed by atoms with Crippen LogP contribution in [0.2, 0.25) is 0 Å². The summed E-state index contributed by atoms with van der Waals surface area (Å²) in [5.74, 6) is 0.557. The summed E-state index contributed by atoms with van der Waals surface area (Å²) in [6.07, 6.45) is 1.77.